The highest BCUT2D eigenvalue weighted by atomic mass is 19.1. The zero-order valence-electron chi connectivity index (χ0n) is 13.1. The molecule has 126 valence electrons. The molecule has 1 N–H and O–H groups in total. The predicted molar refractivity (Wildman–Crippen MR) is 82.4 cm³/mol. The van der Waals surface area contributed by atoms with Crippen LogP contribution in [-0.2, 0) is 4.79 Å². The zero-order valence-corrected chi connectivity index (χ0v) is 13.1. The fourth-order valence-corrected chi connectivity index (χ4v) is 2.95. The van der Waals surface area contributed by atoms with Crippen molar-refractivity contribution in [2.24, 2.45) is 0 Å². The van der Waals surface area contributed by atoms with Crippen molar-refractivity contribution in [3.8, 4) is 5.69 Å². The fourth-order valence-electron chi connectivity index (χ4n) is 2.95. The van der Waals surface area contributed by atoms with E-state index in [9.17, 15) is 14.0 Å². The number of aryl methyl sites for hydroxylation is 1. The molecule has 0 aliphatic carbocycles. The van der Waals surface area contributed by atoms with Crippen molar-refractivity contribution < 1.29 is 19.1 Å². The van der Waals surface area contributed by atoms with Crippen LogP contribution in [0.3, 0.4) is 0 Å². The number of hydrogen-bond acceptors (Lipinski definition) is 4. The van der Waals surface area contributed by atoms with Gasteiger partial charge in [-0.1, -0.05) is 0 Å². The number of nitrogens with zero attached hydrogens (tertiary/aromatic N) is 4. The Morgan fingerprint density at radius 2 is 2.04 bits per heavy atom. The quantitative estimate of drug-likeness (QED) is 0.922. The molecule has 2 aromatic rings. The van der Waals surface area contributed by atoms with Crippen molar-refractivity contribution in [1.82, 2.24) is 19.7 Å². The highest BCUT2D eigenvalue weighted by molar-refractivity contribution is 5.91. The Morgan fingerprint density at radius 3 is 2.71 bits per heavy atom. The maximum absolute atomic E-state index is 13.0. The lowest BCUT2D eigenvalue weighted by Crippen LogP contribution is -2.37. The van der Waals surface area contributed by atoms with Crippen LogP contribution in [0.1, 0.15) is 35.7 Å². The monoisotopic (exact) mass is 332 g/mol. The number of aliphatic carboxylic acids is 1. The first-order chi connectivity index (χ1) is 11.5. The van der Waals surface area contributed by atoms with Gasteiger partial charge in [-0.15, -0.1) is 5.10 Å². The molecule has 0 saturated carbocycles. The molecule has 1 aliphatic heterocycles. The van der Waals surface area contributed by atoms with Gasteiger partial charge in [0.1, 0.15) is 11.6 Å². The van der Waals surface area contributed by atoms with Gasteiger partial charge in [0.2, 0.25) is 5.82 Å². The second kappa shape index (κ2) is 6.38. The lowest BCUT2D eigenvalue weighted by atomic mass is 10.1. The summed E-state index contributed by atoms with van der Waals surface area (Å²) < 4.78 is 14.5. The Morgan fingerprint density at radius 1 is 1.33 bits per heavy atom. The van der Waals surface area contributed by atoms with Gasteiger partial charge < -0.3 is 10.0 Å². The molecule has 0 bridgehead atoms. The summed E-state index contributed by atoms with van der Waals surface area (Å²) in [5.74, 6) is -1.14. The van der Waals surface area contributed by atoms with Crippen LogP contribution in [-0.4, -0.2) is 49.2 Å². The second-order valence-electron chi connectivity index (χ2n) is 5.76. The number of carbonyl (C=O) groups excluding carboxylic acids is 1. The summed E-state index contributed by atoms with van der Waals surface area (Å²) in [6, 6.07) is 5.39. The van der Waals surface area contributed by atoms with E-state index < -0.39 is 5.97 Å². The Balaban J connectivity index is 1.85. The summed E-state index contributed by atoms with van der Waals surface area (Å²) in [4.78, 5) is 29.3. The number of carboxylic acid groups (broad SMARTS) is 1. The Kier molecular flexibility index (Phi) is 4.28. The average Bonchev–Trinajstić information content (AvgIpc) is 3.14. The van der Waals surface area contributed by atoms with E-state index in [1.807, 2.05) is 0 Å². The number of amides is 1. The van der Waals surface area contributed by atoms with Gasteiger partial charge in [-0.25, -0.2) is 14.1 Å². The van der Waals surface area contributed by atoms with Crippen molar-refractivity contribution in [2.45, 2.75) is 32.2 Å². The largest absolute Gasteiger partial charge is 0.481 e. The third-order valence-corrected chi connectivity index (χ3v) is 4.08. The number of benzene rings is 1. The molecule has 0 spiro atoms. The van der Waals surface area contributed by atoms with E-state index in [2.05, 4.69) is 10.1 Å². The summed E-state index contributed by atoms with van der Waals surface area (Å²) in [6.45, 7) is 2.20. The number of aromatic nitrogens is 3. The molecular weight excluding hydrogens is 315 g/mol. The number of likely N-dealkylation sites (tertiary alicyclic amines) is 1. The third-order valence-electron chi connectivity index (χ3n) is 4.08. The number of hydrogen-bond donors (Lipinski definition) is 1. The Bertz CT molecular complexity index is 772. The van der Waals surface area contributed by atoms with E-state index in [0.29, 0.717) is 24.5 Å². The molecule has 1 aromatic heterocycles. The van der Waals surface area contributed by atoms with Gasteiger partial charge in [0, 0.05) is 12.6 Å². The van der Waals surface area contributed by atoms with E-state index >= 15 is 0 Å². The van der Waals surface area contributed by atoms with Crippen LogP contribution < -0.4 is 0 Å². The normalized spacial score (nSPS) is 17.2. The average molecular weight is 332 g/mol. The standard InChI is InChI=1S/C16H17FN4O3/c1-10-18-15(19-21(10)12-6-4-11(17)5-7-12)16(24)20-8-2-3-13(20)9-14(22)23/h4-7,13H,2-3,8-9H2,1H3,(H,22,23). The minimum absolute atomic E-state index is 0.0223. The lowest BCUT2D eigenvalue weighted by molar-refractivity contribution is -0.137. The maximum atomic E-state index is 13.0. The highest BCUT2D eigenvalue weighted by Crippen LogP contribution is 2.22. The molecule has 2 heterocycles. The molecule has 1 saturated heterocycles. The summed E-state index contributed by atoms with van der Waals surface area (Å²) in [6.07, 6.45) is 1.35. The smallest absolute Gasteiger partial charge is 0.305 e. The first-order valence-electron chi connectivity index (χ1n) is 7.68. The van der Waals surface area contributed by atoms with Gasteiger partial charge in [-0.05, 0) is 44.0 Å². The lowest BCUT2D eigenvalue weighted by Gasteiger charge is -2.21. The van der Waals surface area contributed by atoms with E-state index in [-0.39, 0.29) is 30.0 Å². The molecule has 1 aromatic carbocycles. The van der Waals surface area contributed by atoms with Crippen molar-refractivity contribution in [1.29, 1.82) is 0 Å². The van der Waals surface area contributed by atoms with Crippen LogP contribution in [0, 0.1) is 12.7 Å². The van der Waals surface area contributed by atoms with E-state index in [0.717, 1.165) is 6.42 Å². The van der Waals surface area contributed by atoms with Crippen LogP contribution in [0.5, 0.6) is 0 Å². The Labute approximate surface area is 137 Å². The number of rotatable bonds is 4. The van der Waals surface area contributed by atoms with Crippen molar-refractivity contribution in [3.63, 3.8) is 0 Å². The molecule has 1 atom stereocenters. The molecule has 7 nitrogen and oxygen atoms in total. The van der Waals surface area contributed by atoms with E-state index in [1.165, 1.54) is 21.7 Å². The minimum Gasteiger partial charge on any atom is -0.481 e. The molecule has 0 radical (unpaired) electrons. The van der Waals surface area contributed by atoms with Crippen LogP contribution in [0.15, 0.2) is 24.3 Å². The third kappa shape index (κ3) is 3.12. The SMILES string of the molecule is Cc1nc(C(=O)N2CCCC2CC(=O)O)nn1-c1ccc(F)cc1. The molecule has 1 amide bonds. The van der Waals surface area contributed by atoms with Crippen molar-refractivity contribution in [2.75, 3.05) is 6.54 Å². The minimum atomic E-state index is -0.930. The molecule has 3 rings (SSSR count). The number of halogens is 1. The topological polar surface area (TPSA) is 88.3 Å². The van der Waals surface area contributed by atoms with Crippen LogP contribution in [0.25, 0.3) is 5.69 Å². The Hall–Kier alpha value is -2.77. The number of carboxylic acids is 1. The van der Waals surface area contributed by atoms with Gasteiger partial charge in [-0.3, -0.25) is 9.59 Å². The van der Waals surface area contributed by atoms with Gasteiger partial charge in [0.15, 0.2) is 0 Å². The first-order valence-corrected chi connectivity index (χ1v) is 7.68. The zero-order chi connectivity index (χ0) is 17.3. The van der Waals surface area contributed by atoms with Gasteiger partial charge >= 0.3 is 5.97 Å². The summed E-state index contributed by atoms with van der Waals surface area (Å²) in [5.41, 5.74) is 0.601. The van der Waals surface area contributed by atoms with E-state index in [4.69, 9.17) is 5.11 Å². The molecule has 24 heavy (non-hydrogen) atoms. The summed E-state index contributed by atoms with van der Waals surface area (Å²) >= 11 is 0. The summed E-state index contributed by atoms with van der Waals surface area (Å²) in [5, 5.41) is 13.2. The molecule has 8 heteroatoms. The van der Waals surface area contributed by atoms with Gasteiger partial charge in [0.25, 0.3) is 5.91 Å². The van der Waals surface area contributed by atoms with E-state index in [1.54, 1.807) is 19.1 Å². The van der Waals surface area contributed by atoms with Crippen molar-refractivity contribution >= 4 is 11.9 Å². The van der Waals surface area contributed by atoms with Crippen LogP contribution in [0.4, 0.5) is 4.39 Å². The molecule has 1 unspecified atom stereocenters. The van der Waals surface area contributed by atoms with Crippen LogP contribution in [0.2, 0.25) is 0 Å². The summed E-state index contributed by atoms with van der Waals surface area (Å²) in [7, 11) is 0. The predicted octanol–water partition coefficient (Wildman–Crippen LogP) is 1.79. The highest BCUT2D eigenvalue weighted by Gasteiger charge is 2.33. The second-order valence-corrected chi connectivity index (χ2v) is 5.76. The number of carbonyl (C=O) groups is 2. The van der Waals surface area contributed by atoms with Gasteiger partial charge in [0.05, 0.1) is 12.1 Å². The molecular formula is C16H17FN4O3. The fraction of sp³-hybridized carbons (Fsp3) is 0.375. The molecule has 1 aliphatic rings. The van der Waals surface area contributed by atoms with Gasteiger partial charge in [-0.2, -0.15) is 0 Å². The molecule has 1 fully saturated rings. The van der Waals surface area contributed by atoms with Crippen LogP contribution >= 0.6 is 0 Å². The van der Waals surface area contributed by atoms with Crippen molar-refractivity contribution in [3.05, 3.63) is 41.7 Å². The maximum Gasteiger partial charge on any atom is 0.305 e. The first kappa shape index (κ1) is 16.1.